The second-order valence-electron chi connectivity index (χ2n) is 7.21. The topological polar surface area (TPSA) is 98.5 Å². The summed E-state index contributed by atoms with van der Waals surface area (Å²) >= 11 is 2.69. The fourth-order valence-corrected chi connectivity index (χ4v) is 5.02. The number of ether oxygens (including phenoxy) is 2. The molecule has 5 rings (SSSR count). The van der Waals surface area contributed by atoms with E-state index in [-0.39, 0.29) is 11.7 Å². The summed E-state index contributed by atoms with van der Waals surface area (Å²) in [7, 11) is 3.20. The van der Waals surface area contributed by atoms with Gasteiger partial charge in [0, 0.05) is 22.5 Å². The standard InChI is InChI=1S/C24H20N4O4S2/c1-30-15-9-7-14(8-10-15)25-23-27-28-24(34-23)33-13-22(29)26-18-12-20-17(11-21(18)31-2)16-5-3-4-6-19(16)32-20/h3-12H,13H2,1-2H3,(H,25,27)(H,26,29). The minimum atomic E-state index is -0.182. The lowest BCUT2D eigenvalue weighted by atomic mass is 10.1. The minimum absolute atomic E-state index is 0.179. The third kappa shape index (κ3) is 4.63. The molecule has 0 fully saturated rings. The summed E-state index contributed by atoms with van der Waals surface area (Å²) < 4.78 is 17.3. The smallest absolute Gasteiger partial charge is 0.234 e. The summed E-state index contributed by atoms with van der Waals surface area (Å²) in [6, 6.07) is 19.0. The number of para-hydroxylation sites is 1. The molecule has 2 aromatic heterocycles. The summed E-state index contributed by atoms with van der Waals surface area (Å²) in [5, 5.41) is 17.0. The maximum atomic E-state index is 12.6. The van der Waals surface area contributed by atoms with Gasteiger partial charge in [-0.15, -0.1) is 10.2 Å². The van der Waals surface area contributed by atoms with Crippen molar-refractivity contribution in [1.82, 2.24) is 10.2 Å². The van der Waals surface area contributed by atoms with Crippen LogP contribution < -0.4 is 20.1 Å². The number of carbonyl (C=O) groups is 1. The quantitative estimate of drug-likeness (QED) is 0.257. The highest BCUT2D eigenvalue weighted by atomic mass is 32.2. The molecular weight excluding hydrogens is 472 g/mol. The Morgan fingerprint density at radius 1 is 1.00 bits per heavy atom. The Labute approximate surface area is 203 Å². The number of hydrogen-bond donors (Lipinski definition) is 2. The van der Waals surface area contributed by atoms with E-state index in [0.29, 0.717) is 26.5 Å². The summed E-state index contributed by atoms with van der Waals surface area (Å²) in [6.07, 6.45) is 0. The highest BCUT2D eigenvalue weighted by Crippen LogP contribution is 2.36. The summed E-state index contributed by atoms with van der Waals surface area (Å²) in [4.78, 5) is 12.6. The van der Waals surface area contributed by atoms with Crippen LogP contribution in [0.4, 0.5) is 16.5 Å². The first-order valence-corrected chi connectivity index (χ1v) is 12.1. The number of methoxy groups -OCH3 is 2. The van der Waals surface area contributed by atoms with Crippen LogP contribution in [0.15, 0.2) is 69.4 Å². The Morgan fingerprint density at radius 3 is 2.62 bits per heavy atom. The largest absolute Gasteiger partial charge is 0.497 e. The van der Waals surface area contributed by atoms with Crippen LogP contribution in [0.2, 0.25) is 0 Å². The number of nitrogens with zero attached hydrogens (tertiary/aromatic N) is 2. The molecule has 8 nitrogen and oxygen atoms in total. The van der Waals surface area contributed by atoms with Gasteiger partial charge in [-0.2, -0.15) is 0 Å². The zero-order valence-electron chi connectivity index (χ0n) is 18.3. The first-order chi connectivity index (χ1) is 16.6. The van der Waals surface area contributed by atoms with Gasteiger partial charge in [-0.05, 0) is 36.4 Å². The van der Waals surface area contributed by atoms with Gasteiger partial charge in [0.25, 0.3) is 0 Å². The Hall–Kier alpha value is -3.76. The van der Waals surface area contributed by atoms with Crippen molar-refractivity contribution >= 4 is 67.5 Å². The molecule has 2 heterocycles. The molecule has 0 radical (unpaired) electrons. The van der Waals surface area contributed by atoms with Gasteiger partial charge in [-0.1, -0.05) is 41.3 Å². The number of benzene rings is 3. The summed E-state index contributed by atoms with van der Waals surface area (Å²) in [5.74, 6) is 1.34. The number of amides is 1. The van der Waals surface area contributed by atoms with Gasteiger partial charge in [0.05, 0.1) is 25.7 Å². The van der Waals surface area contributed by atoms with Gasteiger partial charge >= 0.3 is 0 Å². The second-order valence-corrected chi connectivity index (χ2v) is 9.41. The van der Waals surface area contributed by atoms with E-state index in [1.54, 1.807) is 20.3 Å². The highest BCUT2D eigenvalue weighted by Gasteiger charge is 2.15. The molecule has 0 bridgehead atoms. The molecule has 2 N–H and O–H groups in total. The van der Waals surface area contributed by atoms with E-state index in [1.165, 1.54) is 23.1 Å². The molecule has 0 unspecified atom stereocenters. The van der Waals surface area contributed by atoms with Crippen molar-refractivity contribution in [3.63, 3.8) is 0 Å². The Morgan fingerprint density at radius 2 is 1.82 bits per heavy atom. The number of aromatic nitrogens is 2. The van der Waals surface area contributed by atoms with Gasteiger partial charge in [0.2, 0.25) is 11.0 Å². The van der Waals surface area contributed by atoms with Crippen molar-refractivity contribution in [3.8, 4) is 11.5 Å². The van der Waals surface area contributed by atoms with Crippen molar-refractivity contribution in [1.29, 1.82) is 0 Å². The van der Waals surface area contributed by atoms with E-state index >= 15 is 0 Å². The predicted octanol–water partition coefficient (Wildman–Crippen LogP) is 5.93. The normalized spacial score (nSPS) is 11.0. The molecule has 0 saturated heterocycles. The van der Waals surface area contributed by atoms with Crippen LogP contribution >= 0.6 is 23.1 Å². The molecule has 0 aliphatic carbocycles. The van der Waals surface area contributed by atoms with Crippen LogP contribution in [0.1, 0.15) is 0 Å². The molecule has 0 saturated carbocycles. The van der Waals surface area contributed by atoms with Crippen LogP contribution in [0.3, 0.4) is 0 Å². The first-order valence-electron chi connectivity index (χ1n) is 10.3. The molecule has 172 valence electrons. The molecule has 1 amide bonds. The lowest BCUT2D eigenvalue weighted by Crippen LogP contribution is -2.14. The predicted molar refractivity (Wildman–Crippen MR) is 136 cm³/mol. The van der Waals surface area contributed by atoms with E-state index in [1.807, 2.05) is 54.6 Å². The number of thioether (sulfide) groups is 1. The number of fused-ring (bicyclic) bond motifs is 3. The van der Waals surface area contributed by atoms with Crippen LogP contribution in [-0.2, 0) is 4.79 Å². The van der Waals surface area contributed by atoms with Crippen LogP contribution in [0, 0.1) is 0 Å². The minimum Gasteiger partial charge on any atom is -0.497 e. The molecule has 0 atom stereocenters. The van der Waals surface area contributed by atoms with Crippen molar-refractivity contribution in [2.24, 2.45) is 0 Å². The Balaban J connectivity index is 1.23. The van der Waals surface area contributed by atoms with E-state index in [4.69, 9.17) is 13.9 Å². The molecule has 0 aliphatic rings. The van der Waals surface area contributed by atoms with E-state index in [9.17, 15) is 4.79 Å². The van der Waals surface area contributed by atoms with Crippen molar-refractivity contribution < 1.29 is 18.7 Å². The van der Waals surface area contributed by atoms with Crippen molar-refractivity contribution in [3.05, 3.63) is 60.7 Å². The average Bonchev–Trinajstić information content (AvgIpc) is 3.46. The number of nitrogens with one attached hydrogen (secondary N) is 2. The molecule has 34 heavy (non-hydrogen) atoms. The number of furan rings is 1. The maximum absolute atomic E-state index is 12.6. The van der Waals surface area contributed by atoms with Gasteiger partial charge in [-0.25, -0.2) is 0 Å². The third-order valence-electron chi connectivity index (χ3n) is 5.05. The molecule has 0 aliphatic heterocycles. The summed E-state index contributed by atoms with van der Waals surface area (Å²) in [6.45, 7) is 0. The molecule has 5 aromatic rings. The number of anilines is 3. The van der Waals surface area contributed by atoms with Gasteiger partial charge in [-0.3, -0.25) is 4.79 Å². The van der Waals surface area contributed by atoms with Gasteiger partial charge in [0.1, 0.15) is 22.7 Å². The first kappa shape index (κ1) is 22.1. The average molecular weight is 493 g/mol. The third-order valence-corrected chi connectivity index (χ3v) is 7.02. The molecule has 10 heteroatoms. The second kappa shape index (κ2) is 9.62. The van der Waals surface area contributed by atoms with Crippen LogP contribution in [0.25, 0.3) is 21.9 Å². The Kier molecular flexibility index (Phi) is 6.24. The number of hydrogen-bond acceptors (Lipinski definition) is 9. The van der Waals surface area contributed by atoms with Gasteiger partial charge in [0.15, 0.2) is 4.34 Å². The lowest BCUT2D eigenvalue weighted by molar-refractivity contribution is -0.113. The lowest BCUT2D eigenvalue weighted by Gasteiger charge is -2.10. The van der Waals surface area contributed by atoms with E-state index in [2.05, 4.69) is 20.8 Å². The molecule has 3 aromatic carbocycles. The van der Waals surface area contributed by atoms with Crippen molar-refractivity contribution in [2.75, 3.05) is 30.6 Å². The zero-order valence-corrected chi connectivity index (χ0v) is 20.0. The summed E-state index contributed by atoms with van der Waals surface area (Å²) in [5.41, 5.74) is 2.90. The monoisotopic (exact) mass is 492 g/mol. The highest BCUT2D eigenvalue weighted by molar-refractivity contribution is 8.01. The van der Waals surface area contributed by atoms with E-state index < -0.39 is 0 Å². The Bertz CT molecular complexity index is 1460. The van der Waals surface area contributed by atoms with Crippen molar-refractivity contribution in [2.45, 2.75) is 4.34 Å². The van der Waals surface area contributed by atoms with Gasteiger partial charge < -0.3 is 24.5 Å². The fraction of sp³-hybridized carbons (Fsp3) is 0.125. The van der Waals surface area contributed by atoms with Crippen LogP contribution in [0.5, 0.6) is 11.5 Å². The zero-order chi connectivity index (χ0) is 23.5. The number of rotatable bonds is 8. The van der Waals surface area contributed by atoms with Crippen LogP contribution in [-0.4, -0.2) is 36.1 Å². The molecule has 0 spiro atoms. The SMILES string of the molecule is COc1ccc(Nc2nnc(SCC(=O)Nc3cc4oc5ccccc5c4cc3OC)s2)cc1. The number of carbonyl (C=O) groups excluding carboxylic acids is 1. The molecular formula is C24H20N4O4S2. The fourth-order valence-electron chi connectivity index (χ4n) is 3.45. The maximum Gasteiger partial charge on any atom is 0.234 e. The van der Waals surface area contributed by atoms with E-state index in [0.717, 1.165) is 27.8 Å².